The van der Waals surface area contributed by atoms with Crippen molar-refractivity contribution < 1.29 is 13.3 Å². The second-order valence-electron chi connectivity index (χ2n) is 5.57. The summed E-state index contributed by atoms with van der Waals surface area (Å²) in [7, 11) is -3.23. The van der Waals surface area contributed by atoms with Crippen molar-refractivity contribution in [2.24, 2.45) is 0 Å². The Balaban J connectivity index is 2.17. The molecule has 0 saturated carbocycles. The highest BCUT2D eigenvalue weighted by Crippen LogP contribution is 2.33. The molecule has 1 aliphatic rings. The number of anilines is 1. The van der Waals surface area contributed by atoms with Gasteiger partial charge in [-0.2, -0.15) is 4.31 Å². The van der Waals surface area contributed by atoms with Crippen LogP contribution in [0.4, 0.5) is 11.4 Å². The largest absolute Gasteiger partial charge is 0.366 e. The van der Waals surface area contributed by atoms with Gasteiger partial charge in [0.05, 0.1) is 11.2 Å². The predicted octanol–water partition coefficient (Wildman–Crippen LogP) is 2.61. The highest BCUT2D eigenvalue weighted by molar-refractivity contribution is 9.10. The summed E-state index contributed by atoms with van der Waals surface area (Å²) in [5.41, 5.74) is 0.646. The average Bonchev–Trinajstić information content (AvgIpc) is 2.46. The standard InChI is InChI=1S/C14H20BrN3O4S/c1-3-17(23(2,21)22)12-6-8-16(9-7-12)14-10-11(15)4-5-13(14)18(19)20/h4-5,10,12H,3,6-9H2,1-2H3. The number of hydrogen-bond donors (Lipinski definition) is 0. The maximum Gasteiger partial charge on any atom is 0.292 e. The van der Waals surface area contributed by atoms with Crippen LogP contribution in [0.5, 0.6) is 0 Å². The Hall–Kier alpha value is -1.19. The van der Waals surface area contributed by atoms with Crippen LogP contribution < -0.4 is 4.90 Å². The van der Waals surface area contributed by atoms with Gasteiger partial charge in [0, 0.05) is 36.2 Å². The zero-order chi connectivity index (χ0) is 17.2. The molecule has 128 valence electrons. The molecule has 1 aliphatic heterocycles. The van der Waals surface area contributed by atoms with Crippen molar-refractivity contribution in [1.29, 1.82) is 0 Å². The van der Waals surface area contributed by atoms with Crippen LogP contribution in [-0.2, 0) is 10.0 Å². The summed E-state index contributed by atoms with van der Waals surface area (Å²) in [6, 6.07) is 4.83. The summed E-state index contributed by atoms with van der Waals surface area (Å²) >= 11 is 3.35. The van der Waals surface area contributed by atoms with Gasteiger partial charge < -0.3 is 4.90 Å². The van der Waals surface area contributed by atoms with Crippen molar-refractivity contribution >= 4 is 37.3 Å². The zero-order valence-corrected chi connectivity index (χ0v) is 15.5. The lowest BCUT2D eigenvalue weighted by Gasteiger charge is -2.37. The second-order valence-corrected chi connectivity index (χ2v) is 8.43. The smallest absolute Gasteiger partial charge is 0.292 e. The van der Waals surface area contributed by atoms with E-state index in [1.165, 1.54) is 16.6 Å². The predicted molar refractivity (Wildman–Crippen MR) is 93.3 cm³/mol. The molecule has 0 amide bonds. The molecule has 9 heteroatoms. The van der Waals surface area contributed by atoms with E-state index in [1.807, 2.05) is 11.8 Å². The van der Waals surface area contributed by atoms with Gasteiger partial charge in [-0.25, -0.2) is 8.42 Å². The van der Waals surface area contributed by atoms with Crippen LogP contribution in [0.25, 0.3) is 0 Å². The molecular formula is C14H20BrN3O4S. The van der Waals surface area contributed by atoms with Gasteiger partial charge in [0.1, 0.15) is 5.69 Å². The molecule has 1 saturated heterocycles. The van der Waals surface area contributed by atoms with Crippen LogP contribution in [-0.4, -0.2) is 49.6 Å². The van der Waals surface area contributed by atoms with E-state index in [-0.39, 0.29) is 16.7 Å². The van der Waals surface area contributed by atoms with Crippen molar-refractivity contribution in [2.75, 3.05) is 30.8 Å². The molecule has 1 heterocycles. The number of halogens is 1. The molecule has 0 atom stereocenters. The van der Waals surface area contributed by atoms with Gasteiger partial charge in [-0.1, -0.05) is 22.9 Å². The minimum Gasteiger partial charge on any atom is -0.366 e. The van der Waals surface area contributed by atoms with Crippen molar-refractivity contribution in [1.82, 2.24) is 4.31 Å². The zero-order valence-electron chi connectivity index (χ0n) is 13.1. The Kier molecular flexibility index (Phi) is 5.64. The first-order valence-electron chi connectivity index (χ1n) is 7.39. The van der Waals surface area contributed by atoms with E-state index in [0.717, 1.165) is 4.47 Å². The maximum absolute atomic E-state index is 11.8. The molecule has 0 bridgehead atoms. The normalized spacial score (nSPS) is 16.8. The third-order valence-electron chi connectivity index (χ3n) is 4.08. The Labute approximate surface area is 144 Å². The van der Waals surface area contributed by atoms with E-state index < -0.39 is 10.0 Å². The summed E-state index contributed by atoms with van der Waals surface area (Å²) < 4.78 is 25.9. The number of nitro benzene ring substituents is 1. The minimum atomic E-state index is -3.23. The van der Waals surface area contributed by atoms with Crippen molar-refractivity contribution in [2.45, 2.75) is 25.8 Å². The lowest BCUT2D eigenvalue weighted by molar-refractivity contribution is -0.384. The molecule has 1 fully saturated rings. The Morgan fingerprint density at radius 1 is 1.39 bits per heavy atom. The van der Waals surface area contributed by atoms with Gasteiger partial charge in [0.25, 0.3) is 5.69 Å². The van der Waals surface area contributed by atoms with Gasteiger partial charge in [-0.3, -0.25) is 10.1 Å². The molecule has 23 heavy (non-hydrogen) atoms. The highest BCUT2D eigenvalue weighted by Gasteiger charge is 2.31. The maximum atomic E-state index is 11.8. The van der Waals surface area contributed by atoms with Gasteiger partial charge in [0.2, 0.25) is 10.0 Å². The van der Waals surface area contributed by atoms with E-state index >= 15 is 0 Å². The Morgan fingerprint density at radius 3 is 2.48 bits per heavy atom. The quantitative estimate of drug-likeness (QED) is 0.555. The highest BCUT2D eigenvalue weighted by atomic mass is 79.9. The summed E-state index contributed by atoms with van der Waals surface area (Å²) in [4.78, 5) is 12.8. The fourth-order valence-electron chi connectivity index (χ4n) is 3.06. The van der Waals surface area contributed by atoms with Crippen LogP contribution in [0.3, 0.4) is 0 Å². The average molecular weight is 406 g/mol. The minimum absolute atomic E-state index is 0.0440. The van der Waals surface area contributed by atoms with Crippen LogP contribution in [0.2, 0.25) is 0 Å². The van der Waals surface area contributed by atoms with Crippen LogP contribution in [0.15, 0.2) is 22.7 Å². The summed E-state index contributed by atoms with van der Waals surface area (Å²) in [6.07, 6.45) is 2.54. The summed E-state index contributed by atoms with van der Waals surface area (Å²) in [5, 5.41) is 11.2. The molecule has 0 N–H and O–H groups in total. The van der Waals surface area contributed by atoms with Crippen LogP contribution in [0.1, 0.15) is 19.8 Å². The molecule has 7 nitrogen and oxygen atoms in total. The van der Waals surface area contributed by atoms with E-state index in [1.54, 1.807) is 12.1 Å². The lowest BCUT2D eigenvalue weighted by atomic mass is 10.0. The molecule has 0 spiro atoms. The number of sulfonamides is 1. The van der Waals surface area contributed by atoms with Crippen molar-refractivity contribution in [3.8, 4) is 0 Å². The van der Waals surface area contributed by atoms with Crippen molar-refractivity contribution in [3.63, 3.8) is 0 Å². The summed E-state index contributed by atoms with van der Waals surface area (Å²) in [5.74, 6) is 0. The van der Waals surface area contributed by atoms with Gasteiger partial charge in [-0.05, 0) is 25.0 Å². The number of hydrogen-bond acceptors (Lipinski definition) is 5. The number of benzene rings is 1. The third kappa shape index (κ3) is 4.21. The SMILES string of the molecule is CCN(C1CCN(c2cc(Br)ccc2[N+](=O)[O-])CC1)S(C)(=O)=O. The molecule has 1 aromatic rings. The van der Waals surface area contributed by atoms with E-state index in [4.69, 9.17) is 0 Å². The number of piperidine rings is 1. The second kappa shape index (κ2) is 7.14. The van der Waals surface area contributed by atoms with E-state index in [9.17, 15) is 18.5 Å². The van der Waals surface area contributed by atoms with E-state index in [2.05, 4.69) is 15.9 Å². The van der Waals surface area contributed by atoms with Gasteiger partial charge in [0.15, 0.2) is 0 Å². The Bertz CT molecular complexity index is 687. The molecule has 0 radical (unpaired) electrons. The number of rotatable bonds is 5. The monoisotopic (exact) mass is 405 g/mol. The first-order chi connectivity index (χ1) is 10.7. The third-order valence-corrected chi connectivity index (χ3v) is 5.99. The lowest BCUT2D eigenvalue weighted by Crippen LogP contribution is -2.47. The van der Waals surface area contributed by atoms with E-state index in [0.29, 0.717) is 38.2 Å². The van der Waals surface area contributed by atoms with Crippen LogP contribution in [0, 0.1) is 10.1 Å². The molecular weight excluding hydrogens is 386 g/mol. The van der Waals surface area contributed by atoms with Gasteiger partial charge >= 0.3 is 0 Å². The Morgan fingerprint density at radius 2 is 2.00 bits per heavy atom. The molecule has 0 aliphatic carbocycles. The topological polar surface area (TPSA) is 83.8 Å². The first kappa shape index (κ1) is 18.2. The molecule has 1 aromatic carbocycles. The summed E-state index contributed by atoms with van der Waals surface area (Å²) in [6.45, 7) is 3.45. The fourth-order valence-corrected chi connectivity index (χ4v) is 4.63. The van der Waals surface area contributed by atoms with Crippen molar-refractivity contribution in [3.05, 3.63) is 32.8 Å². The molecule has 0 unspecified atom stereocenters. The molecule has 0 aromatic heterocycles. The fraction of sp³-hybridized carbons (Fsp3) is 0.571. The van der Waals surface area contributed by atoms with Gasteiger partial charge in [-0.15, -0.1) is 0 Å². The van der Waals surface area contributed by atoms with Crippen LogP contribution >= 0.6 is 15.9 Å². The number of nitrogens with zero attached hydrogens (tertiary/aromatic N) is 3. The molecule has 2 rings (SSSR count). The first-order valence-corrected chi connectivity index (χ1v) is 10.0. The number of nitro groups is 1.